The van der Waals surface area contributed by atoms with Crippen molar-refractivity contribution in [3.05, 3.63) is 44.5 Å². The van der Waals surface area contributed by atoms with E-state index in [1.807, 2.05) is 0 Å². The first-order valence-electron chi connectivity index (χ1n) is 5.75. The average molecular weight is 308 g/mol. The Kier molecular flexibility index (Phi) is 4.13. The van der Waals surface area contributed by atoms with Gasteiger partial charge in [-0.05, 0) is 30.0 Å². The molecule has 0 amide bonds. The zero-order chi connectivity index (χ0) is 15.6. The second-order valence-electron chi connectivity index (χ2n) is 4.05. The number of nitrogens with two attached hydrogens (primary N) is 1. The van der Waals surface area contributed by atoms with Gasteiger partial charge in [-0.1, -0.05) is 0 Å². The lowest BCUT2D eigenvalue weighted by atomic mass is 10.2. The standard InChI is InChI=1S/C12H12N4O4S/c1-16-12(14-9(17)10(18)15-16)21-8-4-3-6(5-7(8)13)11(19)20-2/h3-5H,13H2,1-2H3,(H,15,18). The summed E-state index contributed by atoms with van der Waals surface area (Å²) in [6, 6.07) is 4.63. The van der Waals surface area contributed by atoms with Crippen molar-refractivity contribution in [1.82, 2.24) is 14.8 Å². The number of carbonyl (C=O) groups is 1. The van der Waals surface area contributed by atoms with Gasteiger partial charge in [-0.15, -0.1) is 0 Å². The molecule has 0 radical (unpaired) electrons. The molecule has 0 aliphatic rings. The molecule has 0 aliphatic carbocycles. The summed E-state index contributed by atoms with van der Waals surface area (Å²) in [6.45, 7) is 0. The number of H-pyrrole nitrogens is 1. The molecule has 1 aromatic heterocycles. The molecule has 2 aromatic rings. The van der Waals surface area contributed by atoms with Gasteiger partial charge in [0, 0.05) is 17.6 Å². The molecule has 0 atom stereocenters. The largest absolute Gasteiger partial charge is 0.465 e. The highest BCUT2D eigenvalue weighted by Gasteiger charge is 2.11. The average Bonchev–Trinajstić information content (AvgIpc) is 2.45. The van der Waals surface area contributed by atoms with E-state index in [-0.39, 0.29) is 5.16 Å². The van der Waals surface area contributed by atoms with Gasteiger partial charge in [0.2, 0.25) is 0 Å². The van der Waals surface area contributed by atoms with Crippen LogP contribution in [0.15, 0.2) is 37.8 Å². The quantitative estimate of drug-likeness (QED) is 0.465. The highest BCUT2D eigenvalue weighted by atomic mass is 32.2. The maximum absolute atomic E-state index is 11.4. The molecule has 0 aliphatic heterocycles. The fraction of sp³-hybridized carbons (Fsp3) is 0.167. The Morgan fingerprint density at radius 2 is 2.14 bits per heavy atom. The van der Waals surface area contributed by atoms with Crippen molar-refractivity contribution in [2.24, 2.45) is 7.05 Å². The van der Waals surface area contributed by atoms with Crippen molar-refractivity contribution in [3.63, 3.8) is 0 Å². The Morgan fingerprint density at radius 1 is 1.43 bits per heavy atom. The normalized spacial score (nSPS) is 10.4. The van der Waals surface area contributed by atoms with Crippen molar-refractivity contribution >= 4 is 23.4 Å². The number of nitrogens with zero attached hydrogens (tertiary/aromatic N) is 2. The number of nitrogens with one attached hydrogen (secondary N) is 1. The minimum absolute atomic E-state index is 0.275. The van der Waals surface area contributed by atoms with Crippen LogP contribution in [0.4, 0.5) is 5.69 Å². The van der Waals surface area contributed by atoms with Crippen LogP contribution >= 0.6 is 11.8 Å². The van der Waals surface area contributed by atoms with Crippen LogP contribution in [0.3, 0.4) is 0 Å². The van der Waals surface area contributed by atoms with Crippen molar-refractivity contribution in [1.29, 1.82) is 0 Å². The highest BCUT2D eigenvalue weighted by Crippen LogP contribution is 2.30. The second kappa shape index (κ2) is 5.83. The molecule has 0 saturated heterocycles. The minimum atomic E-state index is -0.875. The maximum atomic E-state index is 11.4. The summed E-state index contributed by atoms with van der Waals surface area (Å²) < 4.78 is 5.92. The zero-order valence-electron chi connectivity index (χ0n) is 11.2. The molecular formula is C12H12N4O4S. The molecule has 21 heavy (non-hydrogen) atoms. The van der Waals surface area contributed by atoms with E-state index in [1.165, 1.54) is 17.9 Å². The summed E-state index contributed by atoms with van der Waals surface area (Å²) in [6.07, 6.45) is 0. The van der Waals surface area contributed by atoms with E-state index in [4.69, 9.17) is 5.73 Å². The van der Waals surface area contributed by atoms with Gasteiger partial charge in [0.1, 0.15) is 0 Å². The van der Waals surface area contributed by atoms with Crippen LogP contribution in [0.25, 0.3) is 0 Å². The molecule has 110 valence electrons. The lowest BCUT2D eigenvalue weighted by molar-refractivity contribution is 0.0600. The molecule has 0 unspecified atom stereocenters. The molecule has 2 rings (SSSR count). The van der Waals surface area contributed by atoms with E-state index in [0.717, 1.165) is 11.8 Å². The number of aryl methyl sites for hydroxylation is 1. The first-order chi connectivity index (χ1) is 9.92. The van der Waals surface area contributed by atoms with Gasteiger partial charge >= 0.3 is 17.1 Å². The third-order valence-electron chi connectivity index (χ3n) is 2.58. The molecule has 0 spiro atoms. The first-order valence-corrected chi connectivity index (χ1v) is 6.57. The van der Waals surface area contributed by atoms with Gasteiger partial charge in [-0.2, -0.15) is 4.98 Å². The maximum Gasteiger partial charge on any atom is 0.339 e. The number of rotatable bonds is 3. The Labute approximate surface area is 122 Å². The lowest BCUT2D eigenvalue weighted by Crippen LogP contribution is -2.33. The van der Waals surface area contributed by atoms with Crippen LogP contribution in [0.2, 0.25) is 0 Å². The Balaban J connectivity index is 2.37. The molecular weight excluding hydrogens is 296 g/mol. The number of carbonyl (C=O) groups excluding carboxylic acids is 1. The number of esters is 1. The summed E-state index contributed by atoms with van der Waals surface area (Å²) >= 11 is 1.10. The van der Waals surface area contributed by atoms with Crippen LogP contribution in [0.5, 0.6) is 0 Å². The third kappa shape index (κ3) is 3.14. The Hall–Kier alpha value is -2.55. The number of aromatic nitrogens is 3. The number of hydrogen-bond acceptors (Lipinski definition) is 7. The Bertz CT molecular complexity index is 812. The SMILES string of the molecule is COC(=O)c1ccc(Sc2nc(=O)c(=O)[nH]n2C)c(N)c1. The van der Waals surface area contributed by atoms with Crippen molar-refractivity contribution in [3.8, 4) is 0 Å². The van der Waals surface area contributed by atoms with E-state index in [9.17, 15) is 14.4 Å². The summed E-state index contributed by atoms with van der Waals surface area (Å²) in [4.78, 5) is 38.0. The number of methoxy groups -OCH3 is 1. The van der Waals surface area contributed by atoms with Gasteiger partial charge in [0.15, 0.2) is 5.16 Å². The lowest BCUT2D eigenvalue weighted by Gasteiger charge is -2.09. The molecule has 3 N–H and O–H groups in total. The molecule has 1 heterocycles. The smallest absolute Gasteiger partial charge is 0.339 e. The van der Waals surface area contributed by atoms with Crippen molar-refractivity contribution < 1.29 is 9.53 Å². The number of anilines is 1. The first kappa shape index (κ1) is 14.9. The highest BCUT2D eigenvalue weighted by molar-refractivity contribution is 7.99. The van der Waals surface area contributed by atoms with Crippen LogP contribution in [-0.2, 0) is 11.8 Å². The monoisotopic (exact) mass is 308 g/mol. The number of benzene rings is 1. The van der Waals surface area contributed by atoms with Gasteiger partial charge in [0.05, 0.1) is 12.7 Å². The minimum Gasteiger partial charge on any atom is -0.465 e. The van der Waals surface area contributed by atoms with Gasteiger partial charge in [-0.25, -0.2) is 4.79 Å². The molecule has 9 heteroatoms. The van der Waals surface area contributed by atoms with E-state index >= 15 is 0 Å². The predicted octanol–water partition coefficient (Wildman–Crippen LogP) is -0.0114. The van der Waals surface area contributed by atoms with Gasteiger partial charge in [-0.3, -0.25) is 19.4 Å². The van der Waals surface area contributed by atoms with Crippen LogP contribution in [-0.4, -0.2) is 27.8 Å². The van der Waals surface area contributed by atoms with E-state index in [1.54, 1.807) is 19.2 Å². The zero-order valence-corrected chi connectivity index (χ0v) is 12.1. The van der Waals surface area contributed by atoms with Gasteiger partial charge in [0.25, 0.3) is 0 Å². The van der Waals surface area contributed by atoms with E-state index < -0.39 is 17.1 Å². The fourth-order valence-electron chi connectivity index (χ4n) is 1.54. The molecule has 1 aromatic carbocycles. The third-order valence-corrected chi connectivity index (χ3v) is 3.72. The predicted molar refractivity (Wildman–Crippen MR) is 76.4 cm³/mol. The van der Waals surface area contributed by atoms with E-state index in [2.05, 4.69) is 14.8 Å². The van der Waals surface area contributed by atoms with Crippen molar-refractivity contribution in [2.45, 2.75) is 10.1 Å². The molecule has 0 saturated carbocycles. The van der Waals surface area contributed by atoms with Gasteiger partial charge < -0.3 is 10.5 Å². The Morgan fingerprint density at radius 3 is 2.76 bits per heavy atom. The number of hydrogen-bond donors (Lipinski definition) is 2. The number of ether oxygens (including phenoxy) is 1. The fourth-order valence-corrected chi connectivity index (χ4v) is 2.36. The topological polar surface area (TPSA) is 120 Å². The summed E-state index contributed by atoms with van der Waals surface area (Å²) in [5.74, 6) is -0.493. The van der Waals surface area contributed by atoms with Crippen LogP contribution < -0.4 is 16.9 Å². The second-order valence-corrected chi connectivity index (χ2v) is 5.05. The summed E-state index contributed by atoms with van der Waals surface area (Å²) in [7, 11) is 2.83. The number of nitrogen functional groups attached to an aromatic ring is 1. The molecule has 0 fully saturated rings. The number of aromatic amines is 1. The summed E-state index contributed by atoms with van der Waals surface area (Å²) in [5.41, 5.74) is 4.85. The van der Waals surface area contributed by atoms with Crippen molar-refractivity contribution in [2.75, 3.05) is 12.8 Å². The van der Waals surface area contributed by atoms with Crippen LogP contribution in [0, 0.1) is 0 Å². The molecule has 8 nitrogen and oxygen atoms in total. The summed E-state index contributed by atoms with van der Waals surface area (Å²) in [5, 5.41) is 2.61. The van der Waals surface area contributed by atoms with Crippen LogP contribution in [0.1, 0.15) is 10.4 Å². The van der Waals surface area contributed by atoms with E-state index in [0.29, 0.717) is 16.1 Å². The molecule has 0 bridgehead atoms.